The van der Waals surface area contributed by atoms with Crippen LogP contribution in [0, 0.1) is 5.41 Å². The average molecular weight is 684 g/mol. The van der Waals surface area contributed by atoms with E-state index >= 15 is 0 Å². The highest BCUT2D eigenvalue weighted by Gasteiger charge is 2.43. The third kappa shape index (κ3) is 8.83. The van der Waals surface area contributed by atoms with E-state index in [1.165, 1.54) is 12.7 Å². The van der Waals surface area contributed by atoms with Crippen molar-refractivity contribution in [1.82, 2.24) is 15.5 Å². The first-order chi connectivity index (χ1) is 23.6. The van der Waals surface area contributed by atoms with Crippen molar-refractivity contribution >= 4 is 23.9 Å². The third-order valence-electron chi connectivity index (χ3n) is 9.13. The van der Waals surface area contributed by atoms with Gasteiger partial charge in [-0.25, -0.2) is 9.59 Å². The first-order valence-electron chi connectivity index (χ1n) is 17.2. The van der Waals surface area contributed by atoms with Crippen LogP contribution >= 0.6 is 0 Å². The zero-order chi connectivity index (χ0) is 36.2. The Bertz CT molecular complexity index is 1720. The standard InChI is InChI=1S/C40H49N3O7/c1-39(2,3)34(42-38(47)50-40(4,5)6)36(45)43-23-29-21-30(49-24-25-15-17-27(18-16-25)37(46)48-7)20-19-28(29)22-33(43)35(44)41-32-14-10-12-26-11-8-9-13-31(26)32/h8-9,11,13,15-21,32-34H,10,12,14,22-24H2,1-7H3,(H,41,44)(H,42,47)/t32-,33+,34-/m1/s1. The lowest BCUT2D eigenvalue weighted by Crippen LogP contribution is -2.61. The molecule has 3 amide bonds. The Morgan fingerprint density at radius 1 is 0.900 bits per heavy atom. The van der Waals surface area contributed by atoms with Gasteiger partial charge in [-0.3, -0.25) is 9.59 Å². The molecule has 0 saturated heterocycles. The number of methoxy groups -OCH3 is 1. The second-order valence-corrected chi connectivity index (χ2v) is 15.2. The molecule has 5 rings (SSSR count). The Morgan fingerprint density at radius 2 is 1.62 bits per heavy atom. The molecule has 0 aromatic heterocycles. The van der Waals surface area contributed by atoms with Crippen molar-refractivity contribution in [2.24, 2.45) is 5.41 Å². The maximum absolute atomic E-state index is 14.6. The number of nitrogens with one attached hydrogen (secondary N) is 2. The molecule has 3 atom stereocenters. The van der Waals surface area contributed by atoms with Gasteiger partial charge in [0.25, 0.3) is 0 Å². The van der Waals surface area contributed by atoms with Gasteiger partial charge in [0.05, 0.1) is 18.7 Å². The quantitative estimate of drug-likeness (QED) is 0.262. The van der Waals surface area contributed by atoms with Gasteiger partial charge >= 0.3 is 12.1 Å². The fraction of sp³-hybridized carbons (Fsp3) is 0.450. The molecule has 266 valence electrons. The van der Waals surface area contributed by atoms with Crippen LogP contribution in [-0.2, 0) is 45.1 Å². The zero-order valence-electron chi connectivity index (χ0n) is 30.1. The van der Waals surface area contributed by atoms with E-state index in [1.54, 1.807) is 37.8 Å². The van der Waals surface area contributed by atoms with Crippen molar-refractivity contribution in [3.05, 3.63) is 100 Å². The normalized spacial score (nSPS) is 17.8. The Kier molecular flexibility index (Phi) is 10.9. The lowest BCUT2D eigenvalue weighted by Gasteiger charge is -2.41. The fourth-order valence-corrected chi connectivity index (χ4v) is 6.55. The minimum Gasteiger partial charge on any atom is -0.489 e. The molecule has 2 N–H and O–H groups in total. The summed E-state index contributed by atoms with van der Waals surface area (Å²) in [5.74, 6) is -0.396. The Labute approximate surface area is 294 Å². The SMILES string of the molecule is COC(=O)c1ccc(COc2ccc3c(c2)CN(C(=O)[C@@H](NC(=O)OC(C)(C)C)C(C)(C)C)[C@H](C(=O)N[C@@H]2CCCc4ccccc42)C3)cc1. The summed E-state index contributed by atoms with van der Waals surface area (Å²) in [6, 6.07) is 19.0. The molecule has 3 aromatic carbocycles. The van der Waals surface area contributed by atoms with E-state index in [1.807, 2.05) is 63.2 Å². The van der Waals surface area contributed by atoms with Crippen LogP contribution in [0.15, 0.2) is 66.7 Å². The van der Waals surface area contributed by atoms with E-state index in [4.69, 9.17) is 14.2 Å². The number of amides is 3. The smallest absolute Gasteiger partial charge is 0.408 e. The van der Waals surface area contributed by atoms with Crippen molar-refractivity contribution in [3.63, 3.8) is 0 Å². The van der Waals surface area contributed by atoms with Gasteiger partial charge in [-0.2, -0.15) is 0 Å². The van der Waals surface area contributed by atoms with Crippen molar-refractivity contribution in [2.75, 3.05) is 7.11 Å². The first-order valence-corrected chi connectivity index (χ1v) is 17.2. The first kappa shape index (κ1) is 36.4. The molecule has 1 aliphatic carbocycles. The van der Waals surface area contributed by atoms with E-state index in [0.29, 0.717) is 17.7 Å². The number of ether oxygens (including phenoxy) is 3. The number of carbonyl (C=O) groups is 4. The predicted octanol–water partition coefficient (Wildman–Crippen LogP) is 6.44. The van der Waals surface area contributed by atoms with E-state index in [9.17, 15) is 19.2 Å². The van der Waals surface area contributed by atoms with Crippen LogP contribution < -0.4 is 15.4 Å². The second-order valence-electron chi connectivity index (χ2n) is 15.2. The van der Waals surface area contributed by atoms with E-state index < -0.39 is 35.2 Å². The molecule has 1 aliphatic heterocycles. The summed E-state index contributed by atoms with van der Waals surface area (Å²) in [5.41, 5.74) is 4.03. The molecule has 0 saturated carbocycles. The summed E-state index contributed by atoms with van der Waals surface area (Å²) in [4.78, 5) is 55.2. The van der Waals surface area contributed by atoms with Crippen molar-refractivity contribution in [3.8, 4) is 5.75 Å². The van der Waals surface area contributed by atoms with Crippen LogP contribution in [0.1, 0.15) is 98.6 Å². The topological polar surface area (TPSA) is 123 Å². The van der Waals surface area contributed by atoms with Crippen molar-refractivity contribution in [2.45, 2.75) is 104 Å². The highest BCUT2D eigenvalue weighted by molar-refractivity contribution is 5.93. The maximum Gasteiger partial charge on any atom is 0.408 e. The predicted molar refractivity (Wildman–Crippen MR) is 189 cm³/mol. The molecule has 50 heavy (non-hydrogen) atoms. The van der Waals surface area contributed by atoms with Crippen LogP contribution in [0.2, 0.25) is 0 Å². The minimum absolute atomic E-state index is 0.151. The summed E-state index contributed by atoms with van der Waals surface area (Å²) < 4.78 is 16.4. The number of carbonyl (C=O) groups excluding carboxylic acids is 4. The van der Waals surface area contributed by atoms with Crippen LogP contribution in [0.3, 0.4) is 0 Å². The molecule has 0 fully saturated rings. The Morgan fingerprint density at radius 3 is 2.30 bits per heavy atom. The van der Waals surface area contributed by atoms with Gasteiger partial charge in [0.2, 0.25) is 11.8 Å². The number of benzene rings is 3. The highest BCUT2D eigenvalue weighted by atomic mass is 16.6. The maximum atomic E-state index is 14.6. The van der Waals surface area contributed by atoms with Gasteiger partial charge in [0.1, 0.15) is 30.0 Å². The Balaban J connectivity index is 1.41. The zero-order valence-corrected chi connectivity index (χ0v) is 30.1. The van der Waals surface area contributed by atoms with E-state index in [-0.39, 0.29) is 31.0 Å². The molecule has 10 nitrogen and oxygen atoms in total. The molecule has 3 aromatic rings. The van der Waals surface area contributed by atoms with Crippen LogP contribution in [0.25, 0.3) is 0 Å². The van der Waals surface area contributed by atoms with Gasteiger partial charge in [-0.1, -0.05) is 63.2 Å². The summed E-state index contributed by atoms with van der Waals surface area (Å²) in [6.07, 6.45) is 2.36. The lowest BCUT2D eigenvalue weighted by atomic mass is 9.84. The molecule has 0 unspecified atom stereocenters. The fourth-order valence-electron chi connectivity index (χ4n) is 6.55. The van der Waals surface area contributed by atoms with Gasteiger partial charge in [-0.05, 0) is 97.5 Å². The molecule has 0 radical (unpaired) electrons. The van der Waals surface area contributed by atoms with Crippen molar-refractivity contribution in [1.29, 1.82) is 0 Å². The lowest BCUT2D eigenvalue weighted by molar-refractivity contribution is -0.145. The van der Waals surface area contributed by atoms with Gasteiger partial charge in [0, 0.05) is 13.0 Å². The molecular weight excluding hydrogens is 634 g/mol. The van der Waals surface area contributed by atoms with Gasteiger partial charge in [0.15, 0.2) is 0 Å². The summed E-state index contributed by atoms with van der Waals surface area (Å²) in [7, 11) is 1.34. The Hall–Kier alpha value is -4.86. The monoisotopic (exact) mass is 683 g/mol. The number of hydrogen-bond donors (Lipinski definition) is 2. The number of rotatable bonds is 8. The van der Waals surface area contributed by atoms with Gasteiger partial charge in [-0.15, -0.1) is 0 Å². The molecule has 10 heteroatoms. The number of fused-ring (bicyclic) bond motifs is 2. The van der Waals surface area contributed by atoms with Crippen LogP contribution in [0.5, 0.6) is 5.75 Å². The molecule has 2 aliphatic rings. The molecule has 0 bridgehead atoms. The van der Waals surface area contributed by atoms with E-state index in [0.717, 1.165) is 41.5 Å². The summed E-state index contributed by atoms with van der Waals surface area (Å²) >= 11 is 0. The molecule has 0 spiro atoms. The average Bonchev–Trinajstić information content (AvgIpc) is 3.07. The second kappa shape index (κ2) is 14.9. The number of nitrogens with zero attached hydrogens (tertiary/aromatic N) is 1. The minimum atomic E-state index is -0.961. The third-order valence-corrected chi connectivity index (χ3v) is 9.13. The van der Waals surface area contributed by atoms with E-state index in [2.05, 4.69) is 22.8 Å². The largest absolute Gasteiger partial charge is 0.489 e. The number of esters is 1. The molecule has 1 heterocycles. The number of alkyl carbamates (subject to hydrolysis) is 1. The van der Waals surface area contributed by atoms with Crippen LogP contribution in [0.4, 0.5) is 4.79 Å². The molecular formula is C40H49N3O7. The highest BCUT2D eigenvalue weighted by Crippen LogP contribution is 2.33. The van der Waals surface area contributed by atoms with Gasteiger partial charge < -0.3 is 29.7 Å². The number of aryl methyl sites for hydroxylation is 1. The van der Waals surface area contributed by atoms with Crippen molar-refractivity contribution < 1.29 is 33.4 Å². The number of hydrogen-bond acceptors (Lipinski definition) is 7. The summed E-state index contributed by atoms with van der Waals surface area (Å²) in [5, 5.41) is 6.09. The summed E-state index contributed by atoms with van der Waals surface area (Å²) in [6.45, 7) is 11.4. The van der Waals surface area contributed by atoms with Crippen LogP contribution in [-0.4, -0.2) is 53.6 Å².